The first-order valence-corrected chi connectivity index (χ1v) is 12.1. The third kappa shape index (κ3) is 6.80. The highest BCUT2D eigenvalue weighted by molar-refractivity contribution is 5.67. The predicted octanol–water partition coefficient (Wildman–Crippen LogP) is 3.94. The molecule has 3 aliphatic heterocycles. The second-order valence-electron chi connectivity index (χ2n) is 9.89. The van der Waals surface area contributed by atoms with Gasteiger partial charge in [0, 0.05) is 45.8 Å². The van der Waals surface area contributed by atoms with Crippen LogP contribution < -0.4 is 0 Å². The van der Waals surface area contributed by atoms with Gasteiger partial charge < -0.3 is 24.2 Å². The zero-order valence-corrected chi connectivity index (χ0v) is 20.3. The van der Waals surface area contributed by atoms with Crippen LogP contribution in [-0.2, 0) is 14.2 Å². The van der Waals surface area contributed by atoms with Crippen molar-refractivity contribution in [3.05, 3.63) is 23.3 Å². The summed E-state index contributed by atoms with van der Waals surface area (Å²) >= 11 is 0. The van der Waals surface area contributed by atoms with Crippen LogP contribution in [0.1, 0.15) is 52.9 Å². The highest BCUT2D eigenvalue weighted by Crippen LogP contribution is 2.50. The number of carboxylic acid groups (broad SMARTS) is 1. The third-order valence-corrected chi connectivity index (χ3v) is 7.26. The first kappa shape index (κ1) is 25.2. The van der Waals surface area contributed by atoms with Crippen molar-refractivity contribution in [2.75, 3.05) is 53.0 Å². The minimum atomic E-state index is -0.821. The maximum absolute atomic E-state index is 10.5. The average molecular weight is 451 g/mol. The number of likely N-dealkylation sites (tertiary alicyclic amines) is 1. The average Bonchev–Trinajstić information content (AvgIpc) is 3.43. The molecule has 4 aliphatic rings. The predicted molar refractivity (Wildman–Crippen MR) is 125 cm³/mol. The molecule has 1 aliphatic carbocycles. The van der Waals surface area contributed by atoms with Crippen LogP contribution in [-0.4, -0.2) is 91.9 Å². The highest BCUT2D eigenvalue weighted by Gasteiger charge is 2.58. The Morgan fingerprint density at radius 3 is 2.53 bits per heavy atom. The summed E-state index contributed by atoms with van der Waals surface area (Å²) in [7, 11) is 1.85. The van der Waals surface area contributed by atoms with E-state index in [1.165, 1.54) is 41.7 Å². The summed E-state index contributed by atoms with van der Waals surface area (Å²) in [4.78, 5) is 14.2. The Morgan fingerprint density at radius 2 is 1.91 bits per heavy atom. The zero-order valence-electron chi connectivity index (χ0n) is 20.3. The van der Waals surface area contributed by atoms with Crippen molar-refractivity contribution in [2.24, 2.45) is 5.92 Å². The molecule has 32 heavy (non-hydrogen) atoms. The van der Waals surface area contributed by atoms with Gasteiger partial charge in [-0.3, -0.25) is 4.90 Å². The Kier molecular flexibility index (Phi) is 9.17. The van der Waals surface area contributed by atoms with Gasteiger partial charge in [-0.05, 0) is 45.6 Å². The molecule has 0 spiro atoms. The van der Waals surface area contributed by atoms with Crippen LogP contribution in [0.25, 0.3) is 0 Å². The Hall–Kier alpha value is -1.41. The number of hydrogen-bond donors (Lipinski definition) is 1. The van der Waals surface area contributed by atoms with Crippen LogP contribution in [0.15, 0.2) is 23.3 Å². The molecular weight excluding hydrogens is 408 g/mol. The lowest BCUT2D eigenvalue weighted by atomic mass is 9.76. The first-order chi connectivity index (χ1) is 15.3. The molecule has 182 valence electrons. The van der Waals surface area contributed by atoms with E-state index in [1.807, 2.05) is 7.11 Å². The van der Waals surface area contributed by atoms with Crippen molar-refractivity contribution in [2.45, 2.75) is 70.7 Å². The highest BCUT2D eigenvalue weighted by atomic mass is 16.6. The van der Waals surface area contributed by atoms with Gasteiger partial charge in [-0.25, -0.2) is 4.79 Å². The van der Waals surface area contributed by atoms with Crippen molar-refractivity contribution in [3.8, 4) is 0 Å². The lowest BCUT2D eigenvalue weighted by Gasteiger charge is -2.33. The lowest BCUT2D eigenvalue weighted by molar-refractivity contribution is -0.00777. The molecule has 0 aromatic heterocycles. The standard InChI is InChI=1S/C15H26O2.C10H16N2O3/c1-11(2)9-10-14-15(3,17-14)12-7-5-6-8-13(12)16-4;13-10(14)12-7-9(8-12)1-2-11-3-5-15-6-4-11/h9,12-14H,5-8,10H2,1-4H3;1H,2-8H2,(H,13,14). The number of hydrogen-bond acceptors (Lipinski definition) is 5. The summed E-state index contributed by atoms with van der Waals surface area (Å²) in [5.41, 5.74) is 2.69. The topological polar surface area (TPSA) is 74.8 Å². The van der Waals surface area contributed by atoms with Gasteiger partial charge in [-0.1, -0.05) is 30.6 Å². The van der Waals surface area contributed by atoms with Crippen molar-refractivity contribution in [1.29, 1.82) is 0 Å². The summed E-state index contributed by atoms with van der Waals surface area (Å²) in [6.07, 6.45) is 10.6. The van der Waals surface area contributed by atoms with Gasteiger partial charge in [-0.2, -0.15) is 0 Å². The number of amides is 1. The van der Waals surface area contributed by atoms with E-state index in [4.69, 9.17) is 19.3 Å². The maximum Gasteiger partial charge on any atom is 0.407 e. The summed E-state index contributed by atoms with van der Waals surface area (Å²) < 4.78 is 16.9. The van der Waals surface area contributed by atoms with Gasteiger partial charge >= 0.3 is 6.09 Å². The van der Waals surface area contributed by atoms with E-state index < -0.39 is 6.09 Å². The molecule has 4 unspecified atom stereocenters. The van der Waals surface area contributed by atoms with Crippen LogP contribution >= 0.6 is 0 Å². The molecule has 4 fully saturated rings. The van der Waals surface area contributed by atoms with E-state index in [2.05, 4.69) is 37.8 Å². The third-order valence-electron chi connectivity index (χ3n) is 7.26. The van der Waals surface area contributed by atoms with E-state index in [-0.39, 0.29) is 5.60 Å². The Morgan fingerprint density at radius 1 is 1.22 bits per heavy atom. The number of morpholine rings is 1. The van der Waals surface area contributed by atoms with Crippen molar-refractivity contribution in [1.82, 2.24) is 9.80 Å². The normalized spacial score (nSPS) is 32.3. The molecule has 4 rings (SSSR count). The van der Waals surface area contributed by atoms with Gasteiger partial charge in [0.2, 0.25) is 0 Å². The van der Waals surface area contributed by atoms with Gasteiger partial charge in [-0.15, -0.1) is 0 Å². The number of nitrogens with zero attached hydrogens (tertiary/aromatic N) is 2. The first-order valence-electron chi connectivity index (χ1n) is 12.1. The Balaban J connectivity index is 0.000000182. The fourth-order valence-electron chi connectivity index (χ4n) is 5.01. The van der Waals surface area contributed by atoms with Gasteiger partial charge in [0.15, 0.2) is 0 Å². The summed E-state index contributed by atoms with van der Waals surface area (Å²) in [5, 5.41) is 8.64. The Bertz CT molecular complexity index is 676. The SMILES string of the molecule is COC1CCCCC1C1(C)OC1CC=C(C)C.O=C(O)N1CC(=CCN2CCOCC2)C1. The number of rotatable bonds is 6. The molecule has 7 heteroatoms. The molecule has 3 saturated heterocycles. The minimum absolute atomic E-state index is 0.0764. The van der Waals surface area contributed by atoms with Gasteiger partial charge in [0.1, 0.15) is 0 Å². The van der Waals surface area contributed by atoms with Crippen LogP contribution in [0.2, 0.25) is 0 Å². The van der Waals surface area contributed by atoms with E-state index in [9.17, 15) is 4.79 Å². The fraction of sp³-hybridized carbons (Fsp3) is 0.800. The monoisotopic (exact) mass is 450 g/mol. The molecule has 3 heterocycles. The molecule has 1 amide bonds. The van der Waals surface area contributed by atoms with Gasteiger partial charge in [0.25, 0.3) is 0 Å². The van der Waals surface area contributed by atoms with Crippen LogP contribution in [0.5, 0.6) is 0 Å². The van der Waals surface area contributed by atoms with E-state index >= 15 is 0 Å². The largest absolute Gasteiger partial charge is 0.465 e. The smallest absolute Gasteiger partial charge is 0.407 e. The van der Waals surface area contributed by atoms with Crippen molar-refractivity contribution in [3.63, 3.8) is 0 Å². The molecule has 4 atom stereocenters. The van der Waals surface area contributed by atoms with E-state index in [0.717, 1.165) is 39.3 Å². The van der Waals surface area contributed by atoms with Gasteiger partial charge in [0.05, 0.1) is 31.0 Å². The van der Waals surface area contributed by atoms with Crippen LogP contribution in [0.4, 0.5) is 4.79 Å². The minimum Gasteiger partial charge on any atom is -0.465 e. The number of allylic oxidation sites excluding steroid dienone is 1. The number of epoxide rings is 1. The number of carbonyl (C=O) groups is 1. The van der Waals surface area contributed by atoms with E-state index in [1.54, 1.807) is 0 Å². The lowest BCUT2D eigenvalue weighted by Crippen LogP contribution is -2.44. The molecule has 0 radical (unpaired) electrons. The Labute approximate surface area is 193 Å². The van der Waals surface area contributed by atoms with Crippen LogP contribution in [0.3, 0.4) is 0 Å². The second-order valence-corrected chi connectivity index (χ2v) is 9.89. The van der Waals surface area contributed by atoms with Crippen LogP contribution in [0, 0.1) is 5.92 Å². The zero-order chi connectivity index (χ0) is 23.1. The summed E-state index contributed by atoms with van der Waals surface area (Å²) in [6, 6.07) is 0. The molecule has 1 N–H and O–H groups in total. The second kappa shape index (κ2) is 11.6. The fourth-order valence-corrected chi connectivity index (χ4v) is 5.01. The number of ether oxygens (including phenoxy) is 3. The van der Waals surface area contributed by atoms with Crippen molar-refractivity contribution >= 4 is 6.09 Å². The quantitative estimate of drug-likeness (QED) is 0.488. The molecule has 7 nitrogen and oxygen atoms in total. The molecule has 0 bridgehead atoms. The molecular formula is C25H42N2O5. The molecule has 1 saturated carbocycles. The van der Waals surface area contributed by atoms with E-state index in [0.29, 0.717) is 31.2 Å². The summed E-state index contributed by atoms with van der Waals surface area (Å²) in [6.45, 7) is 12.2. The van der Waals surface area contributed by atoms with Crippen molar-refractivity contribution < 1.29 is 24.1 Å². The number of methoxy groups -OCH3 is 1. The summed E-state index contributed by atoms with van der Waals surface area (Å²) in [5.74, 6) is 0.594. The molecule has 0 aromatic carbocycles. The molecule has 0 aromatic rings. The maximum atomic E-state index is 10.5.